The largest absolute Gasteiger partial charge is 0.494 e. The first-order chi connectivity index (χ1) is 15.6. The summed E-state index contributed by atoms with van der Waals surface area (Å²) in [5, 5.41) is 0. The maximum absolute atomic E-state index is 11.8. The Bertz CT molecular complexity index is 645. The molecule has 32 heavy (non-hydrogen) atoms. The second kappa shape index (κ2) is 19.1. The van der Waals surface area contributed by atoms with Gasteiger partial charge in [0.2, 0.25) is 0 Å². The lowest BCUT2D eigenvalue weighted by Gasteiger charge is -2.10. The van der Waals surface area contributed by atoms with Crippen LogP contribution in [0.4, 0.5) is 0 Å². The van der Waals surface area contributed by atoms with E-state index in [1.165, 1.54) is 97.0 Å². The molecule has 0 spiro atoms. The summed E-state index contributed by atoms with van der Waals surface area (Å²) < 4.78 is 22.4. The first-order valence-corrected chi connectivity index (χ1v) is 14.3. The molecule has 1 rings (SSSR count). The highest BCUT2D eigenvalue weighted by molar-refractivity contribution is 7.84. The number of carbonyl (C=O) groups excluding carboxylic acids is 1. The first-order valence-electron chi connectivity index (χ1n) is 12.8. The molecule has 1 unspecified atom stereocenters. The van der Waals surface area contributed by atoms with Crippen LogP contribution in [0.5, 0.6) is 5.75 Å². The Balaban J connectivity index is 2.01. The molecule has 184 valence electrons. The predicted molar refractivity (Wildman–Crippen MR) is 135 cm³/mol. The van der Waals surface area contributed by atoms with Gasteiger partial charge in [-0.05, 0) is 24.6 Å². The van der Waals surface area contributed by atoms with Crippen LogP contribution >= 0.6 is 0 Å². The van der Waals surface area contributed by atoms with Gasteiger partial charge in [0.25, 0.3) is 0 Å². The van der Waals surface area contributed by atoms with Crippen molar-refractivity contribution in [3.05, 3.63) is 23.8 Å². The molecule has 0 fully saturated rings. The van der Waals surface area contributed by atoms with Gasteiger partial charge in [0.1, 0.15) is 5.75 Å². The number of esters is 1. The van der Waals surface area contributed by atoms with E-state index in [1.54, 1.807) is 24.5 Å². The summed E-state index contributed by atoms with van der Waals surface area (Å²) in [7, 11) is 0.167. The summed E-state index contributed by atoms with van der Waals surface area (Å²) in [4.78, 5) is 12.4. The molecule has 0 amide bonds. The summed E-state index contributed by atoms with van der Waals surface area (Å²) in [6, 6.07) is 5.01. The number of hydrogen-bond acceptors (Lipinski definition) is 4. The third-order valence-corrected chi connectivity index (χ3v) is 6.80. The Kier molecular flexibility index (Phi) is 17.2. The molecule has 0 aliphatic carbocycles. The lowest BCUT2D eigenvalue weighted by molar-refractivity contribution is 0.0600. The van der Waals surface area contributed by atoms with Crippen LogP contribution in [-0.2, 0) is 15.5 Å². The summed E-state index contributed by atoms with van der Waals surface area (Å²) in [5.74, 6) is 0.142. The molecular weight excluding hydrogens is 420 g/mol. The molecule has 0 bridgehead atoms. The van der Waals surface area contributed by atoms with Crippen molar-refractivity contribution in [2.75, 3.05) is 20.0 Å². The Hall–Kier alpha value is -1.36. The minimum absolute atomic E-state index is 0.377. The van der Waals surface area contributed by atoms with E-state index < -0.39 is 16.8 Å². The molecule has 0 aliphatic heterocycles. The molecule has 5 heteroatoms. The van der Waals surface area contributed by atoms with Crippen molar-refractivity contribution in [3.63, 3.8) is 0 Å². The van der Waals surface area contributed by atoms with E-state index in [1.807, 2.05) is 0 Å². The van der Waals surface area contributed by atoms with Gasteiger partial charge in [-0.25, -0.2) is 4.79 Å². The van der Waals surface area contributed by atoms with E-state index in [9.17, 15) is 9.00 Å². The minimum Gasteiger partial charge on any atom is -0.494 e. The number of ether oxygens (including phenoxy) is 2. The van der Waals surface area contributed by atoms with Gasteiger partial charge in [0, 0.05) is 22.0 Å². The number of benzene rings is 1. The van der Waals surface area contributed by atoms with Crippen LogP contribution < -0.4 is 4.74 Å². The normalized spacial score (nSPS) is 12.0. The summed E-state index contributed by atoms with van der Waals surface area (Å²) in [6.07, 6.45) is 23.1. The molecule has 0 aromatic heterocycles. The van der Waals surface area contributed by atoms with E-state index in [0.717, 1.165) is 12.8 Å². The van der Waals surface area contributed by atoms with Crippen LogP contribution in [0, 0.1) is 0 Å². The van der Waals surface area contributed by atoms with Crippen LogP contribution in [-0.4, -0.2) is 30.2 Å². The standard InChI is InChI=1S/C27H46O4S/c1-4-5-6-7-8-9-10-11-12-13-14-15-16-17-18-19-20-31-25-21-24(27(28)30-2)22-26(23-25)32(3)29/h21-23H,4-20H2,1-3H3. The molecule has 0 saturated carbocycles. The average molecular weight is 467 g/mol. The van der Waals surface area contributed by atoms with Gasteiger partial charge in [-0.2, -0.15) is 0 Å². The lowest BCUT2D eigenvalue weighted by atomic mass is 10.0. The summed E-state index contributed by atoms with van der Waals surface area (Å²) in [5.41, 5.74) is 0.377. The lowest BCUT2D eigenvalue weighted by Crippen LogP contribution is -2.05. The summed E-state index contributed by atoms with van der Waals surface area (Å²) in [6.45, 7) is 2.89. The van der Waals surface area contributed by atoms with Gasteiger partial charge in [0.05, 0.1) is 19.3 Å². The molecule has 1 aromatic rings. The van der Waals surface area contributed by atoms with Gasteiger partial charge in [-0.3, -0.25) is 4.21 Å². The molecule has 0 heterocycles. The van der Waals surface area contributed by atoms with Crippen molar-refractivity contribution >= 4 is 16.8 Å². The monoisotopic (exact) mass is 466 g/mol. The Morgan fingerprint density at radius 2 is 1.22 bits per heavy atom. The number of methoxy groups -OCH3 is 1. The third-order valence-electron chi connectivity index (χ3n) is 5.90. The van der Waals surface area contributed by atoms with Crippen molar-refractivity contribution < 1.29 is 18.5 Å². The second-order valence-electron chi connectivity index (χ2n) is 8.79. The van der Waals surface area contributed by atoms with Gasteiger partial charge in [-0.15, -0.1) is 0 Å². The maximum atomic E-state index is 11.8. The Labute approximate surface area is 199 Å². The summed E-state index contributed by atoms with van der Waals surface area (Å²) >= 11 is 0. The number of hydrogen-bond donors (Lipinski definition) is 0. The zero-order valence-corrected chi connectivity index (χ0v) is 21.6. The quantitative estimate of drug-likeness (QED) is 0.145. The van der Waals surface area contributed by atoms with E-state index in [0.29, 0.717) is 22.8 Å². The van der Waals surface area contributed by atoms with Crippen LogP contribution in [0.2, 0.25) is 0 Å². The topological polar surface area (TPSA) is 52.6 Å². The number of unbranched alkanes of at least 4 members (excludes halogenated alkanes) is 15. The van der Waals surface area contributed by atoms with Gasteiger partial charge in [-0.1, -0.05) is 103 Å². The molecule has 0 saturated heterocycles. The fourth-order valence-corrected chi connectivity index (χ4v) is 4.47. The molecule has 0 N–H and O–H groups in total. The molecule has 0 aliphatic rings. The van der Waals surface area contributed by atoms with Gasteiger partial charge < -0.3 is 9.47 Å². The fraction of sp³-hybridized carbons (Fsp3) is 0.741. The van der Waals surface area contributed by atoms with Crippen LogP contribution in [0.25, 0.3) is 0 Å². The van der Waals surface area contributed by atoms with Gasteiger partial charge >= 0.3 is 5.97 Å². The highest BCUT2D eigenvalue weighted by atomic mass is 32.2. The molecule has 1 atom stereocenters. The van der Waals surface area contributed by atoms with Crippen molar-refractivity contribution in [1.29, 1.82) is 0 Å². The smallest absolute Gasteiger partial charge is 0.338 e. The second-order valence-corrected chi connectivity index (χ2v) is 10.2. The Morgan fingerprint density at radius 3 is 1.66 bits per heavy atom. The fourth-order valence-electron chi connectivity index (χ4n) is 3.90. The van der Waals surface area contributed by atoms with E-state index in [4.69, 9.17) is 9.47 Å². The predicted octanol–water partition coefficient (Wildman–Crippen LogP) is 7.85. The van der Waals surface area contributed by atoms with E-state index in [-0.39, 0.29) is 0 Å². The third kappa shape index (κ3) is 13.9. The zero-order valence-electron chi connectivity index (χ0n) is 20.8. The van der Waals surface area contributed by atoms with E-state index in [2.05, 4.69) is 6.92 Å². The number of carbonyl (C=O) groups is 1. The highest BCUT2D eigenvalue weighted by Gasteiger charge is 2.11. The van der Waals surface area contributed by atoms with Crippen LogP contribution in [0.3, 0.4) is 0 Å². The molecule has 4 nitrogen and oxygen atoms in total. The highest BCUT2D eigenvalue weighted by Crippen LogP contribution is 2.21. The molecular formula is C27H46O4S. The van der Waals surface area contributed by atoms with Crippen LogP contribution in [0.15, 0.2) is 23.1 Å². The van der Waals surface area contributed by atoms with Crippen molar-refractivity contribution in [3.8, 4) is 5.75 Å². The zero-order chi connectivity index (χ0) is 23.4. The van der Waals surface area contributed by atoms with Crippen molar-refractivity contribution in [1.82, 2.24) is 0 Å². The van der Waals surface area contributed by atoms with E-state index >= 15 is 0 Å². The van der Waals surface area contributed by atoms with Gasteiger partial charge in [0.15, 0.2) is 0 Å². The van der Waals surface area contributed by atoms with Crippen molar-refractivity contribution in [2.24, 2.45) is 0 Å². The molecule has 0 radical (unpaired) electrons. The maximum Gasteiger partial charge on any atom is 0.338 e. The average Bonchev–Trinajstić information content (AvgIpc) is 2.80. The van der Waals surface area contributed by atoms with Crippen LogP contribution in [0.1, 0.15) is 120 Å². The Morgan fingerprint density at radius 1 is 0.750 bits per heavy atom. The minimum atomic E-state index is -1.18. The van der Waals surface area contributed by atoms with Crippen molar-refractivity contribution in [2.45, 2.75) is 115 Å². The molecule has 1 aromatic carbocycles. The number of rotatable bonds is 20. The first kappa shape index (κ1) is 28.7. The SMILES string of the molecule is CCCCCCCCCCCCCCCCCCOc1cc(C(=O)OC)cc(S(C)=O)c1.